The van der Waals surface area contributed by atoms with Crippen LogP contribution in [-0.2, 0) is 15.6 Å². The molecule has 1 aliphatic heterocycles. The second kappa shape index (κ2) is 7.23. The van der Waals surface area contributed by atoms with E-state index in [9.17, 15) is 14.9 Å². The Morgan fingerprint density at radius 1 is 0.914 bits per heavy atom. The molecule has 2 fully saturated rings. The van der Waals surface area contributed by atoms with E-state index in [1.165, 1.54) is 17.8 Å². The second-order valence-electron chi connectivity index (χ2n) is 10.8. The number of para-hydroxylation sites is 1. The molecule has 1 saturated heterocycles. The molecule has 3 aliphatic rings. The minimum atomic E-state index is -0.780. The van der Waals surface area contributed by atoms with Crippen molar-refractivity contribution >= 4 is 28.3 Å². The number of carbonyl (C=O) groups is 1. The first kappa shape index (κ1) is 21.9. The molecular weight excluding hydrogens is 442 g/mol. The lowest BCUT2D eigenvalue weighted by Gasteiger charge is -2.44. The molecule has 1 aromatic heterocycles. The molecule has 6 rings (SSSR count). The molecule has 2 aromatic carbocycles. The maximum absolute atomic E-state index is 14.4. The number of benzene rings is 2. The van der Waals surface area contributed by atoms with Gasteiger partial charge in [-0.1, -0.05) is 39.0 Å². The molecule has 1 saturated carbocycles. The standard InChI is InChI=1S/C27H29N5O3/c1-25(2)26(3)11-12-27(25,23-22(26)28-20-10-9-19(32(34)35)17-21(20)29-23)24(33)31-15-13-30(14-16-31)18-7-5-4-6-8-18/h4-10,17H,11-16H2,1-3H3. The predicted molar refractivity (Wildman–Crippen MR) is 133 cm³/mol. The smallest absolute Gasteiger partial charge is 0.271 e. The summed E-state index contributed by atoms with van der Waals surface area (Å²) in [6.45, 7) is 9.43. The van der Waals surface area contributed by atoms with Gasteiger partial charge in [0.15, 0.2) is 0 Å². The number of amides is 1. The number of hydrogen-bond acceptors (Lipinski definition) is 6. The van der Waals surface area contributed by atoms with Crippen molar-refractivity contribution in [2.45, 2.75) is 44.4 Å². The third kappa shape index (κ3) is 2.76. The van der Waals surface area contributed by atoms with Crippen molar-refractivity contribution in [3.8, 4) is 0 Å². The fraction of sp³-hybridized carbons (Fsp3) is 0.444. The van der Waals surface area contributed by atoms with Crippen molar-refractivity contribution in [2.75, 3.05) is 31.1 Å². The molecule has 3 aromatic rings. The van der Waals surface area contributed by atoms with Gasteiger partial charge in [0.25, 0.3) is 5.69 Å². The lowest BCUT2D eigenvalue weighted by molar-refractivity contribution is -0.384. The molecule has 2 heterocycles. The SMILES string of the molecule is CC12CCC(C(=O)N3CCN(c4ccccc4)CC3)(c3nc4cc([N+](=O)[O-])ccc4nc31)C2(C)C. The van der Waals surface area contributed by atoms with Crippen LogP contribution in [0.4, 0.5) is 11.4 Å². The molecule has 2 atom stereocenters. The average Bonchev–Trinajstić information content (AvgIpc) is 3.17. The fourth-order valence-corrected chi connectivity index (χ4v) is 6.75. The highest BCUT2D eigenvalue weighted by atomic mass is 16.6. The van der Waals surface area contributed by atoms with Gasteiger partial charge in [0.2, 0.25) is 5.91 Å². The number of anilines is 1. The van der Waals surface area contributed by atoms with Crippen LogP contribution in [0.2, 0.25) is 0 Å². The van der Waals surface area contributed by atoms with E-state index in [1.807, 2.05) is 23.1 Å². The van der Waals surface area contributed by atoms with E-state index in [0.29, 0.717) is 24.1 Å². The molecule has 0 radical (unpaired) electrons. The average molecular weight is 472 g/mol. The summed E-state index contributed by atoms with van der Waals surface area (Å²) >= 11 is 0. The summed E-state index contributed by atoms with van der Waals surface area (Å²) in [4.78, 5) is 39.6. The minimum absolute atomic E-state index is 0.0159. The van der Waals surface area contributed by atoms with Crippen molar-refractivity contribution in [1.82, 2.24) is 14.9 Å². The third-order valence-electron chi connectivity index (χ3n) is 9.29. The van der Waals surface area contributed by atoms with Crippen LogP contribution in [0.3, 0.4) is 0 Å². The lowest BCUT2D eigenvalue weighted by Crippen LogP contribution is -2.57. The third-order valence-corrected chi connectivity index (χ3v) is 9.29. The normalized spacial score (nSPS) is 26.7. The summed E-state index contributed by atoms with van der Waals surface area (Å²) in [7, 11) is 0. The van der Waals surface area contributed by atoms with E-state index in [2.05, 4.69) is 37.8 Å². The van der Waals surface area contributed by atoms with Gasteiger partial charge in [-0.2, -0.15) is 0 Å². The van der Waals surface area contributed by atoms with Gasteiger partial charge in [0.05, 0.1) is 32.8 Å². The molecule has 8 heteroatoms. The summed E-state index contributed by atoms with van der Waals surface area (Å²) in [6, 6.07) is 14.9. The van der Waals surface area contributed by atoms with Crippen LogP contribution in [0.5, 0.6) is 0 Å². The first-order valence-electron chi connectivity index (χ1n) is 12.3. The number of hydrogen-bond donors (Lipinski definition) is 0. The minimum Gasteiger partial charge on any atom is -0.368 e. The Bertz CT molecular complexity index is 1370. The largest absolute Gasteiger partial charge is 0.368 e. The Balaban J connectivity index is 1.40. The van der Waals surface area contributed by atoms with Gasteiger partial charge in [-0.25, -0.2) is 9.97 Å². The van der Waals surface area contributed by atoms with Gasteiger partial charge >= 0.3 is 0 Å². The molecule has 0 N–H and O–H groups in total. The van der Waals surface area contributed by atoms with E-state index in [0.717, 1.165) is 37.3 Å². The number of piperazine rings is 1. The van der Waals surface area contributed by atoms with Gasteiger partial charge in [-0.15, -0.1) is 0 Å². The van der Waals surface area contributed by atoms with Gasteiger partial charge in [0, 0.05) is 49.4 Å². The maximum Gasteiger partial charge on any atom is 0.271 e. The molecule has 180 valence electrons. The summed E-state index contributed by atoms with van der Waals surface area (Å²) in [6.07, 6.45) is 1.59. The number of rotatable bonds is 3. The van der Waals surface area contributed by atoms with Crippen molar-refractivity contribution in [3.05, 3.63) is 70.0 Å². The Kier molecular flexibility index (Phi) is 4.53. The van der Waals surface area contributed by atoms with Crippen LogP contribution in [0.1, 0.15) is 45.0 Å². The fourth-order valence-electron chi connectivity index (χ4n) is 6.75. The van der Waals surface area contributed by atoms with Crippen molar-refractivity contribution in [3.63, 3.8) is 0 Å². The highest BCUT2D eigenvalue weighted by Gasteiger charge is 2.73. The van der Waals surface area contributed by atoms with E-state index >= 15 is 0 Å². The van der Waals surface area contributed by atoms with Gasteiger partial charge < -0.3 is 9.80 Å². The lowest BCUT2D eigenvalue weighted by atomic mass is 9.63. The van der Waals surface area contributed by atoms with Crippen molar-refractivity contribution in [2.24, 2.45) is 5.41 Å². The van der Waals surface area contributed by atoms with E-state index in [-0.39, 0.29) is 22.4 Å². The first-order valence-corrected chi connectivity index (χ1v) is 12.3. The molecule has 2 unspecified atom stereocenters. The van der Waals surface area contributed by atoms with Crippen LogP contribution in [0.25, 0.3) is 11.0 Å². The Morgan fingerprint density at radius 2 is 1.60 bits per heavy atom. The summed E-state index contributed by atoms with van der Waals surface area (Å²) in [5, 5.41) is 11.4. The molecular formula is C27H29N5O3. The number of fused-ring (bicyclic) bond motifs is 6. The zero-order valence-electron chi connectivity index (χ0n) is 20.3. The first-order chi connectivity index (χ1) is 16.7. The zero-order chi connectivity index (χ0) is 24.6. The van der Waals surface area contributed by atoms with Crippen molar-refractivity contribution < 1.29 is 9.72 Å². The van der Waals surface area contributed by atoms with E-state index in [4.69, 9.17) is 9.97 Å². The zero-order valence-corrected chi connectivity index (χ0v) is 20.3. The molecule has 2 aliphatic carbocycles. The predicted octanol–water partition coefficient (Wildman–Crippen LogP) is 4.22. The van der Waals surface area contributed by atoms with Gasteiger partial charge in [0.1, 0.15) is 0 Å². The van der Waals surface area contributed by atoms with E-state index < -0.39 is 10.3 Å². The van der Waals surface area contributed by atoms with Gasteiger partial charge in [-0.3, -0.25) is 14.9 Å². The van der Waals surface area contributed by atoms with Crippen molar-refractivity contribution in [1.29, 1.82) is 0 Å². The van der Waals surface area contributed by atoms with Crippen LogP contribution in [0.15, 0.2) is 48.5 Å². The summed E-state index contributed by atoms with van der Waals surface area (Å²) in [5.74, 6) is 0.122. The number of nitro groups is 1. The summed E-state index contributed by atoms with van der Waals surface area (Å²) in [5.41, 5.74) is 2.44. The second-order valence-corrected chi connectivity index (χ2v) is 10.8. The molecule has 35 heavy (non-hydrogen) atoms. The molecule has 8 nitrogen and oxygen atoms in total. The Hall–Kier alpha value is -3.55. The number of nitrogens with zero attached hydrogens (tertiary/aromatic N) is 5. The number of nitro benzene ring substituents is 1. The van der Waals surface area contributed by atoms with Crippen LogP contribution < -0.4 is 4.90 Å². The molecule has 2 bridgehead atoms. The van der Waals surface area contributed by atoms with Crippen LogP contribution in [0, 0.1) is 15.5 Å². The maximum atomic E-state index is 14.4. The number of carbonyl (C=O) groups excluding carboxylic acids is 1. The summed E-state index contributed by atoms with van der Waals surface area (Å²) < 4.78 is 0. The Labute approximate surface area is 204 Å². The van der Waals surface area contributed by atoms with Crippen LogP contribution in [-0.4, -0.2) is 51.9 Å². The number of aromatic nitrogens is 2. The highest BCUT2D eigenvalue weighted by molar-refractivity contribution is 5.93. The molecule has 1 amide bonds. The topological polar surface area (TPSA) is 92.5 Å². The molecule has 0 spiro atoms. The highest BCUT2D eigenvalue weighted by Crippen LogP contribution is 2.70. The van der Waals surface area contributed by atoms with E-state index in [1.54, 1.807) is 6.07 Å². The van der Waals surface area contributed by atoms with Gasteiger partial charge in [-0.05, 0) is 36.5 Å². The van der Waals surface area contributed by atoms with Crippen LogP contribution >= 0.6 is 0 Å². The number of non-ortho nitro benzene ring substituents is 1. The monoisotopic (exact) mass is 471 g/mol. The Morgan fingerprint density at radius 3 is 2.29 bits per heavy atom. The quantitative estimate of drug-likeness (QED) is 0.420.